The van der Waals surface area contributed by atoms with E-state index in [1.54, 1.807) is 6.07 Å². The minimum Gasteiger partial charge on any atom is -0.485 e. The second-order valence-corrected chi connectivity index (χ2v) is 9.11. The molecule has 1 saturated heterocycles. The van der Waals surface area contributed by atoms with Crippen molar-refractivity contribution in [3.05, 3.63) is 28.6 Å². The molecule has 35 heavy (non-hydrogen) atoms. The summed E-state index contributed by atoms with van der Waals surface area (Å²) in [5.41, 5.74) is -0.830. The normalized spacial score (nSPS) is 31.2. The topological polar surface area (TPSA) is 165 Å². The average molecular weight is 494 g/mol. The Bertz CT molecular complexity index is 1100. The molecule has 4 N–H and O–H groups in total. The van der Waals surface area contributed by atoms with Gasteiger partial charge < -0.3 is 43.8 Å². The molecule has 2 aromatic rings. The molecule has 0 unspecified atom stereocenters. The number of carbonyl (C=O) groups excluding carboxylic acids is 1. The highest BCUT2D eigenvalue weighted by atomic mass is 16.7. The first-order valence-corrected chi connectivity index (χ1v) is 11.6. The molecule has 0 amide bonds. The van der Waals surface area contributed by atoms with E-state index in [1.807, 2.05) is 0 Å². The fourth-order valence-corrected chi connectivity index (χ4v) is 4.37. The number of esters is 1. The number of benzene rings is 1. The Morgan fingerprint density at radius 2 is 1.74 bits per heavy atom. The molecule has 0 spiro atoms. The van der Waals surface area contributed by atoms with Crippen LogP contribution in [0.3, 0.4) is 0 Å². The number of rotatable bonds is 6. The molecule has 11 nitrogen and oxygen atoms in total. The molecule has 1 aromatic heterocycles. The lowest BCUT2D eigenvalue weighted by molar-refractivity contribution is -0.277. The molecule has 11 heteroatoms. The van der Waals surface area contributed by atoms with Crippen LogP contribution in [0.1, 0.15) is 39.5 Å². The SMILES string of the molecule is CC(=O)Oc1c(O[C@H]2CC[C@H](C)CC2)c2ccc(O[C@H]3O[C@H](CO)[C@@H](O)[C@H](O)[C@@H]3O)cc2oc1=O. The molecule has 2 aliphatic rings. The van der Waals surface area contributed by atoms with Crippen molar-refractivity contribution in [1.29, 1.82) is 0 Å². The Kier molecular flexibility index (Phi) is 7.62. The number of carbonyl (C=O) groups is 1. The van der Waals surface area contributed by atoms with Crippen LogP contribution in [0.15, 0.2) is 27.4 Å². The van der Waals surface area contributed by atoms with Crippen LogP contribution in [0, 0.1) is 5.92 Å². The molecular formula is C24H30O11. The lowest BCUT2D eigenvalue weighted by Crippen LogP contribution is -2.60. The van der Waals surface area contributed by atoms with Gasteiger partial charge in [0, 0.05) is 13.0 Å². The van der Waals surface area contributed by atoms with E-state index in [4.69, 9.17) is 23.4 Å². The largest absolute Gasteiger partial charge is 0.485 e. The van der Waals surface area contributed by atoms with Crippen molar-refractivity contribution in [3.8, 4) is 17.2 Å². The zero-order valence-electron chi connectivity index (χ0n) is 19.5. The summed E-state index contributed by atoms with van der Waals surface area (Å²) in [6.07, 6.45) is -3.89. The van der Waals surface area contributed by atoms with Gasteiger partial charge in [-0.1, -0.05) is 6.92 Å². The summed E-state index contributed by atoms with van der Waals surface area (Å²) in [6, 6.07) is 4.41. The van der Waals surface area contributed by atoms with Crippen LogP contribution in [-0.4, -0.2) is 69.8 Å². The van der Waals surface area contributed by atoms with Gasteiger partial charge in [-0.25, -0.2) is 4.79 Å². The maximum atomic E-state index is 12.7. The molecule has 192 valence electrons. The van der Waals surface area contributed by atoms with E-state index in [0.29, 0.717) is 11.3 Å². The predicted octanol–water partition coefficient (Wildman–Crippen LogP) is 0.854. The fraction of sp³-hybridized carbons (Fsp3) is 0.583. The van der Waals surface area contributed by atoms with Gasteiger partial charge in [-0.05, 0) is 43.7 Å². The molecular weight excluding hydrogens is 464 g/mol. The number of hydrogen-bond acceptors (Lipinski definition) is 11. The van der Waals surface area contributed by atoms with Gasteiger partial charge in [0.05, 0.1) is 18.1 Å². The third-order valence-electron chi connectivity index (χ3n) is 6.39. The zero-order valence-corrected chi connectivity index (χ0v) is 19.5. The average Bonchev–Trinajstić information content (AvgIpc) is 2.82. The second kappa shape index (κ2) is 10.5. The van der Waals surface area contributed by atoms with Gasteiger partial charge in [0.2, 0.25) is 6.29 Å². The van der Waals surface area contributed by atoms with Crippen molar-refractivity contribution in [1.82, 2.24) is 0 Å². The van der Waals surface area contributed by atoms with Crippen molar-refractivity contribution < 1.29 is 48.6 Å². The van der Waals surface area contributed by atoms with Gasteiger partial charge in [0.15, 0.2) is 5.75 Å². The van der Waals surface area contributed by atoms with E-state index >= 15 is 0 Å². The molecule has 4 rings (SSSR count). The third-order valence-corrected chi connectivity index (χ3v) is 6.39. The number of ether oxygens (including phenoxy) is 4. The summed E-state index contributed by atoms with van der Waals surface area (Å²) in [4.78, 5) is 24.3. The van der Waals surface area contributed by atoms with Gasteiger partial charge >= 0.3 is 11.6 Å². The summed E-state index contributed by atoms with van der Waals surface area (Å²) in [7, 11) is 0. The van der Waals surface area contributed by atoms with Crippen LogP contribution in [-0.2, 0) is 9.53 Å². The molecule has 1 aromatic carbocycles. The molecule has 0 bridgehead atoms. The molecule has 1 aliphatic carbocycles. The number of aliphatic hydroxyl groups is 4. The van der Waals surface area contributed by atoms with Crippen molar-refractivity contribution in [3.63, 3.8) is 0 Å². The standard InChI is InChI=1S/C24H30O11/c1-11-3-5-13(6-4-11)32-21-15-8-7-14(9-16(15)34-23(30)22(21)31-12(2)26)33-24-20(29)19(28)18(27)17(10-25)35-24/h7-9,11,13,17-20,24-25,27-29H,3-6,10H2,1-2H3/t11-,13-,17-,18-,19+,20+,24+/m1/s1. The predicted molar refractivity (Wildman–Crippen MR) is 120 cm³/mol. The first-order valence-electron chi connectivity index (χ1n) is 11.6. The zero-order chi connectivity index (χ0) is 25.3. The van der Waals surface area contributed by atoms with Gasteiger partial charge in [0.25, 0.3) is 5.75 Å². The van der Waals surface area contributed by atoms with Gasteiger partial charge in [0.1, 0.15) is 35.7 Å². The van der Waals surface area contributed by atoms with E-state index < -0.39 is 48.9 Å². The Labute approximate surface area is 200 Å². The maximum absolute atomic E-state index is 12.7. The first-order chi connectivity index (χ1) is 16.7. The van der Waals surface area contributed by atoms with Crippen LogP contribution in [0.5, 0.6) is 17.2 Å². The smallest absolute Gasteiger partial charge is 0.383 e. The highest BCUT2D eigenvalue weighted by molar-refractivity contribution is 5.87. The third kappa shape index (κ3) is 5.44. The summed E-state index contributed by atoms with van der Waals surface area (Å²) in [5.74, 6) is -0.219. The van der Waals surface area contributed by atoms with E-state index in [0.717, 1.165) is 25.7 Å². The van der Waals surface area contributed by atoms with Crippen LogP contribution in [0.4, 0.5) is 0 Å². The van der Waals surface area contributed by atoms with Crippen LogP contribution >= 0.6 is 0 Å². The van der Waals surface area contributed by atoms with Crippen molar-refractivity contribution in [2.24, 2.45) is 5.92 Å². The minimum absolute atomic E-state index is 0.0761. The summed E-state index contributed by atoms with van der Waals surface area (Å²) >= 11 is 0. The van der Waals surface area contributed by atoms with Crippen LogP contribution in [0.2, 0.25) is 0 Å². The molecule has 5 atom stereocenters. The first kappa shape index (κ1) is 25.4. The number of aliphatic hydroxyl groups excluding tert-OH is 4. The quantitative estimate of drug-likeness (QED) is 0.332. The van der Waals surface area contributed by atoms with Crippen LogP contribution in [0.25, 0.3) is 11.0 Å². The second-order valence-electron chi connectivity index (χ2n) is 9.11. The van der Waals surface area contributed by atoms with E-state index in [2.05, 4.69) is 6.92 Å². The molecule has 1 saturated carbocycles. The monoisotopic (exact) mass is 494 g/mol. The Morgan fingerprint density at radius 1 is 1.03 bits per heavy atom. The van der Waals surface area contributed by atoms with E-state index in [9.17, 15) is 30.0 Å². The van der Waals surface area contributed by atoms with Gasteiger partial charge in [-0.3, -0.25) is 4.79 Å². The summed E-state index contributed by atoms with van der Waals surface area (Å²) in [5, 5.41) is 39.9. The van der Waals surface area contributed by atoms with E-state index in [-0.39, 0.29) is 28.9 Å². The Balaban J connectivity index is 1.66. The van der Waals surface area contributed by atoms with E-state index in [1.165, 1.54) is 19.1 Å². The Morgan fingerprint density at radius 3 is 2.40 bits per heavy atom. The lowest BCUT2D eigenvalue weighted by Gasteiger charge is -2.39. The highest BCUT2D eigenvalue weighted by Gasteiger charge is 2.44. The summed E-state index contributed by atoms with van der Waals surface area (Å²) < 4.78 is 27.6. The maximum Gasteiger partial charge on any atom is 0.383 e. The van der Waals surface area contributed by atoms with Crippen molar-refractivity contribution >= 4 is 16.9 Å². The highest BCUT2D eigenvalue weighted by Crippen LogP contribution is 2.38. The molecule has 0 radical (unpaired) electrons. The Hall–Kier alpha value is -2.70. The lowest BCUT2D eigenvalue weighted by atomic mass is 9.89. The molecule has 2 fully saturated rings. The van der Waals surface area contributed by atoms with Crippen molar-refractivity contribution in [2.75, 3.05) is 6.61 Å². The fourth-order valence-electron chi connectivity index (χ4n) is 4.37. The molecule has 2 heterocycles. The van der Waals surface area contributed by atoms with Crippen molar-refractivity contribution in [2.45, 2.75) is 76.3 Å². The minimum atomic E-state index is -1.60. The van der Waals surface area contributed by atoms with Gasteiger partial charge in [-0.15, -0.1) is 0 Å². The molecule has 1 aliphatic heterocycles. The van der Waals surface area contributed by atoms with Crippen LogP contribution < -0.4 is 19.8 Å². The number of hydrogen-bond donors (Lipinski definition) is 4. The summed E-state index contributed by atoms with van der Waals surface area (Å²) in [6.45, 7) is 2.74. The number of fused-ring (bicyclic) bond motifs is 1. The van der Waals surface area contributed by atoms with Gasteiger partial charge in [-0.2, -0.15) is 0 Å².